The van der Waals surface area contributed by atoms with E-state index < -0.39 is 0 Å². The van der Waals surface area contributed by atoms with Gasteiger partial charge in [-0.3, -0.25) is 14.2 Å². The summed E-state index contributed by atoms with van der Waals surface area (Å²) in [6.45, 7) is 3.70. The fourth-order valence-electron chi connectivity index (χ4n) is 1.94. The minimum absolute atomic E-state index is 0.152. The van der Waals surface area contributed by atoms with Crippen molar-refractivity contribution in [1.82, 2.24) is 9.55 Å². The van der Waals surface area contributed by atoms with Crippen molar-refractivity contribution in [2.45, 2.75) is 13.8 Å². The number of hydrogen-bond acceptors (Lipinski definition) is 2. The Morgan fingerprint density at radius 2 is 1.79 bits per heavy atom. The van der Waals surface area contributed by atoms with Gasteiger partial charge in [-0.1, -0.05) is 30.3 Å². The minimum atomic E-state index is -0.358. The van der Waals surface area contributed by atoms with Gasteiger partial charge in [0, 0.05) is 7.05 Å². The fourth-order valence-corrected chi connectivity index (χ4v) is 1.94. The molecule has 4 nitrogen and oxygen atoms in total. The first-order chi connectivity index (χ1) is 9.00. The van der Waals surface area contributed by atoms with Gasteiger partial charge in [-0.15, -0.1) is 0 Å². The first kappa shape index (κ1) is 13.1. The molecule has 1 aromatic heterocycles. The van der Waals surface area contributed by atoms with E-state index in [2.05, 4.69) is 4.98 Å². The number of aromatic nitrogens is 2. The van der Waals surface area contributed by atoms with Crippen molar-refractivity contribution in [2.75, 3.05) is 0 Å². The quantitative estimate of drug-likeness (QED) is 0.786. The van der Waals surface area contributed by atoms with E-state index in [0.29, 0.717) is 5.48 Å². The summed E-state index contributed by atoms with van der Waals surface area (Å²) in [4.78, 5) is 27.0. The van der Waals surface area contributed by atoms with Gasteiger partial charge >= 0.3 is 0 Å². The summed E-state index contributed by atoms with van der Waals surface area (Å²) in [6, 6.07) is 9.32. The maximum atomic E-state index is 12.2. The molecule has 0 aliphatic heterocycles. The Labute approximate surface area is 110 Å². The Balaban J connectivity index is 2.87. The van der Waals surface area contributed by atoms with Crippen LogP contribution in [0.15, 0.2) is 39.9 Å². The van der Waals surface area contributed by atoms with E-state index in [1.165, 1.54) is 4.57 Å². The number of hydrogen-bond donors (Lipinski definition) is 1. The first-order valence-electron chi connectivity index (χ1n) is 6.04. The van der Waals surface area contributed by atoms with E-state index in [0.717, 1.165) is 11.1 Å². The van der Waals surface area contributed by atoms with Gasteiger partial charge in [0.15, 0.2) is 0 Å². The van der Waals surface area contributed by atoms with Gasteiger partial charge in [0.2, 0.25) is 0 Å². The Kier molecular flexibility index (Phi) is 3.51. The van der Waals surface area contributed by atoms with Crippen LogP contribution in [0.1, 0.15) is 19.4 Å². The molecule has 0 atom stereocenters. The Hall–Kier alpha value is -2.36. The molecule has 0 unspecified atom stereocenters. The zero-order valence-electron chi connectivity index (χ0n) is 11.2. The number of nitrogens with one attached hydrogen (secondary N) is 1. The van der Waals surface area contributed by atoms with Crippen LogP contribution in [-0.2, 0) is 7.05 Å². The molecule has 19 heavy (non-hydrogen) atoms. The third kappa shape index (κ3) is 2.57. The lowest BCUT2D eigenvalue weighted by Crippen LogP contribution is -2.53. The SMILES string of the molecule is CC(C)=c1[nH]c(=O)/c(=C/c2ccccc2)c(=O)n1C. The van der Waals surface area contributed by atoms with Crippen molar-refractivity contribution >= 4 is 11.6 Å². The van der Waals surface area contributed by atoms with Crippen LogP contribution in [0.2, 0.25) is 0 Å². The molecule has 0 saturated carbocycles. The second kappa shape index (κ2) is 5.10. The summed E-state index contributed by atoms with van der Waals surface area (Å²) in [5.41, 5.74) is 1.63. The predicted octanol–water partition coefficient (Wildman–Crippen LogP) is 0.0929. The second-order valence-electron chi connectivity index (χ2n) is 4.64. The van der Waals surface area contributed by atoms with Crippen molar-refractivity contribution in [3.63, 3.8) is 0 Å². The van der Waals surface area contributed by atoms with E-state index in [-0.39, 0.29) is 16.3 Å². The van der Waals surface area contributed by atoms with Crippen molar-refractivity contribution in [3.05, 3.63) is 67.3 Å². The van der Waals surface area contributed by atoms with Crippen LogP contribution in [0.5, 0.6) is 0 Å². The largest absolute Gasteiger partial charge is 0.308 e. The van der Waals surface area contributed by atoms with Gasteiger partial charge in [-0.2, -0.15) is 0 Å². The number of rotatable bonds is 1. The third-order valence-electron chi connectivity index (χ3n) is 2.93. The Bertz CT molecular complexity index is 823. The van der Waals surface area contributed by atoms with Gasteiger partial charge in [0.25, 0.3) is 11.1 Å². The Morgan fingerprint density at radius 3 is 2.37 bits per heavy atom. The molecule has 2 aromatic rings. The van der Waals surface area contributed by atoms with Crippen LogP contribution in [0.4, 0.5) is 0 Å². The maximum Gasteiger partial charge on any atom is 0.264 e. The predicted molar refractivity (Wildman–Crippen MR) is 76.3 cm³/mol. The molecular formula is C15H16N2O2. The molecule has 2 rings (SSSR count). The first-order valence-corrected chi connectivity index (χ1v) is 6.04. The van der Waals surface area contributed by atoms with E-state index in [1.807, 2.05) is 44.2 Å². The smallest absolute Gasteiger partial charge is 0.264 e. The monoisotopic (exact) mass is 256 g/mol. The standard InChI is InChI=1S/C15H16N2O2/c1-10(2)13-16-14(18)12(15(19)17(13)3)9-11-7-5-4-6-8-11/h4-9H,1-3H3,(H,16,18)/b12-9-. The fraction of sp³-hybridized carbons (Fsp3) is 0.200. The van der Waals surface area contributed by atoms with Gasteiger partial charge in [-0.05, 0) is 31.1 Å². The molecule has 0 fully saturated rings. The molecule has 0 amide bonds. The number of aromatic amines is 1. The van der Waals surface area contributed by atoms with Crippen LogP contribution in [0.25, 0.3) is 11.6 Å². The lowest BCUT2D eigenvalue weighted by molar-refractivity contribution is 0.755. The van der Waals surface area contributed by atoms with E-state index in [1.54, 1.807) is 13.1 Å². The molecule has 0 saturated heterocycles. The van der Waals surface area contributed by atoms with Crippen LogP contribution in [0.3, 0.4) is 0 Å². The van der Waals surface area contributed by atoms with E-state index in [4.69, 9.17) is 0 Å². The molecule has 4 heteroatoms. The molecule has 0 spiro atoms. The van der Waals surface area contributed by atoms with Crippen molar-refractivity contribution in [3.8, 4) is 0 Å². The van der Waals surface area contributed by atoms with Crippen molar-refractivity contribution in [2.24, 2.45) is 7.05 Å². The van der Waals surface area contributed by atoms with E-state index >= 15 is 0 Å². The number of H-pyrrole nitrogens is 1. The molecule has 0 radical (unpaired) electrons. The van der Waals surface area contributed by atoms with Gasteiger partial charge in [0.05, 0.1) is 0 Å². The molecule has 1 N–H and O–H groups in total. The highest BCUT2D eigenvalue weighted by Gasteiger charge is 2.01. The van der Waals surface area contributed by atoms with Gasteiger partial charge in [0.1, 0.15) is 10.7 Å². The molecule has 0 bridgehead atoms. The highest BCUT2D eigenvalue weighted by molar-refractivity contribution is 5.48. The molecule has 98 valence electrons. The van der Waals surface area contributed by atoms with Gasteiger partial charge in [-0.25, -0.2) is 0 Å². The zero-order valence-corrected chi connectivity index (χ0v) is 11.2. The van der Waals surface area contributed by atoms with Crippen LogP contribution in [0, 0.1) is 0 Å². The summed E-state index contributed by atoms with van der Waals surface area (Å²) in [5.74, 6) is 0. The summed E-state index contributed by atoms with van der Waals surface area (Å²) in [6.07, 6.45) is 1.61. The molecule has 0 aliphatic rings. The normalized spacial score (nSPS) is 11.6. The summed E-state index contributed by atoms with van der Waals surface area (Å²) < 4.78 is 1.46. The van der Waals surface area contributed by atoms with Crippen LogP contribution >= 0.6 is 0 Å². The lowest BCUT2D eigenvalue weighted by atomic mass is 10.2. The molecule has 1 heterocycles. The maximum absolute atomic E-state index is 12.2. The molecule has 1 aromatic carbocycles. The molecule has 0 aliphatic carbocycles. The topological polar surface area (TPSA) is 54.9 Å². The molecular weight excluding hydrogens is 240 g/mol. The number of nitrogens with zero attached hydrogens (tertiary/aromatic N) is 1. The summed E-state index contributed by atoms with van der Waals surface area (Å²) in [7, 11) is 1.66. The lowest BCUT2D eigenvalue weighted by Gasteiger charge is -2.01. The van der Waals surface area contributed by atoms with Gasteiger partial charge < -0.3 is 4.98 Å². The third-order valence-corrected chi connectivity index (χ3v) is 2.93. The summed E-state index contributed by atoms with van der Waals surface area (Å²) >= 11 is 0. The zero-order chi connectivity index (χ0) is 14.0. The van der Waals surface area contributed by atoms with Crippen molar-refractivity contribution < 1.29 is 0 Å². The second-order valence-corrected chi connectivity index (χ2v) is 4.64. The Morgan fingerprint density at radius 1 is 1.16 bits per heavy atom. The van der Waals surface area contributed by atoms with Crippen LogP contribution in [-0.4, -0.2) is 9.55 Å². The number of benzene rings is 1. The van der Waals surface area contributed by atoms with E-state index in [9.17, 15) is 9.59 Å². The average Bonchev–Trinajstić information content (AvgIpc) is 2.40. The highest BCUT2D eigenvalue weighted by atomic mass is 16.1. The summed E-state index contributed by atoms with van der Waals surface area (Å²) in [5, 5.41) is 0.152. The minimum Gasteiger partial charge on any atom is -0.308 e. The highest BCUT2D eigenvalue weighted by Crippen LogP contribution is 1.97. The van der Waals surface area contributed by atoms with Crippen molar-refractivity contribution in [1.29, 1.82) is 0 Å². The average molecular weight is 256 g/mol. The van der Waals surface area contributed by atoms with Crippen LogP contribution < -0.4 is 21.8 Å².